The van der Waals surface area contributed by atoms with Gasteiger partial charge in [-0.15, -0.1) is 0 Å². The minimum absolute atomic E-state index is 0.241. The van der Waals surface area contributed by atoms with Crippen molar-refractivity contribution < 1.29 is 14.4 Å². The summed E-state index contributed by atoms with van der Waals surface area (Å²) in [5, 5.41) is 0. The normalized spacial score (nSPS) is 10.9. The zero-order chi connectivity index (χ0) is 16.3. The fourth-order valence-electron chi connectivity index (χ4n) is 2.35. The van der Waals surface area contributed by atoms with Gasteiger partial charge in [-0.2, -0.15) is 0 Å². The molecule has 122 valence electrons. The van der Waals surface area contributed by atoms with Crippen molar-refractivity contribution in [2.75, 3.05) is 0 Å². The monoisotopic (exact) mass is 315 g/mol. The maximum atomic E-state index is 11.4. The van der Waals surface area contributed by atoms with E-state index in [-0.39, 0.29) is 17.7 Å². The molecule has 0 atom stereocenters. The van der Waals surface area contributed by atoms with Crippen molar-refractivity contribution in [1.29, 1.82) is 0 Å². The lowest BCUT2D eigenvalue weighted by atomic mass is 10.1. The molecule has 3 amide bonds. The fraction of sp³-hybridized carbons (Fsp3) is 0.786. The summed E-state index contributed by atoms with van der Waals surface area (Å²) in [6.07, 6.45) is 6.67. The molecule has 0 aliphatic heterocycles. The van der Waals surface area contributed by atoms with Crippen LogP contribution >= 0.6 is 0 Å². The van der Waals surface area contributed by atoms with E-state index >= 15 is 0 Å². The summed E-state index contributed by atoms with van der Waals surface area (Å²) in [6, 6.07) is 0.609. The van der Waals surface area contributed by atoms with Crippen molar-refractivity contribution in [3.05, 3.63) is 0 Å². The third kappa shape index (κ3) is 10.1. The molecule has 0 heterocycles. The van der Waals surface area contributed by atoms with Crippen molar-refractivity contribution in [3.63, 3.8) is 0 Å². The van der Waals surface area contributed by atoms with Crippen LogP contribution in [0.1, 0.15) is 66.2 Å². The molecule has 21 heavy (non-hydrogen) atoms. The van der Waals surface area contributed by atoms with E-state index in [0.29, 0.717) is 6.04 Å². The van der Waals surface area contributed by atoms with Gasteiger partial charge in [-0.3, -0.25) is 14.4 Å². The molecule has 0 aromatic carbocycles. The number of rotatable bonds is 10. The van der Waals surface area contributed by atoms with Gasteiger partial charge in [-0.25, -0.2) is 0 Å². The van der Waals surface area contributed by atoms with Crippen molar-refractivity contribution in [1.82, 2.24) is 14.9 Å². The summed E-state index contributed by atoms with van der Waals surface area (Å²) in [4.78, 5) is 42.6. The SMILES string of the molecule is CCCCCCCC[Si](NC(C)=O)(NC(C)=O)NC(C)=O. The van der Waals surface area contributed by atoms with Gasteiger partial charge in [-0.05, 0) is 6.04 Å². The average Bonchev–Trinajstić information content (AvgIpc) is 2.30. The van der Waals surface area contributed by atoms with Gasteiger partial charge in [0.25, 0.3) is 0 Å². The van der Waals surface area contributed by atoms with Gasteiger partial charge in [0.1, 0.15) is 0 Å². The number of unbranched alkanes of at least 4 members (excludes halogenated alkanes) is 5. The Bertz CT molecular complexity index is 321. The molecule has 0 spiro atoms. The second-order valence-electron chi connectivity index (χ2n) is 5.47. The highest BCUT2D eigenvalue weighted by Gasteiger charge is 2.38. The van der Waals surface area contributed by atoms with E-state index in [9.17, 15) is 14.4 Å². The Hall–Kier alpha value is -1.37. The van der Waals surface area contributed by atoms with Gasteiger partial charge in [0.05, 0.1) is 0 Å². The predicted molar refractivity (Wildman–Crippen MR) is 85.4 cm³/mol. The summed E-state index contributed by atoms with van der Waals surface area (Å²) in [5.74, 6) is -0.722. The first-order valence-electron chi connectivity index (χ1n) is 7.67. The quantitative estimate of drug-likeness (QED) is 0.423. The molecule has 0 fully saturated rings. The van der Waals surface area contributed by atoms with Crippen LogP contribution < -0.4 is 14.9 Å². The van der Waals surface area contributed by atoms with E-state index in [4.69, 9.17) is 0 Å². The third-order valence-electron chi connectivity index (χ3n) is 3.07. The number of hydrogen-bond donors (Lipinski definition) is 3. The van der Waals surface area contributed by atoms with Crippen LogP contribution in [-0.4, -0.2) is 26.3 Å². The molecule has 0 aliphatic rings. The summed E-state index contributed by atoms with van der Waals surface area (Å²) in [6.45, 7) is 6.36. The van der Waals surface area contributed by atoms with Gasteiger partial charge in [0, 0.05) is 20.8 Å². The molecule has 0 saturated heterocycles. The van der Waals surface area contributed by atoms with Gasteiger partial charge in [0.15, 0.2) is 0 Å². The smallest absolute Gasteiger partial charge is 0.348 e. The molecule has 0 aliphatic carbocycles. The molecular weight excluding hydrogens is 286 g/mol. The average molecular weight is 315 g/mol. The van der Waals surface area contributed by atoms with Crippen LogP contribution in [0.4, 0.5) is 0 Å². The first-order valence-corrected chi connectivity index (χ1v) is 9.88. The lowest BCUT2D eigenvalue weighted by Gasteiger charge is -2.31. The Balaban J connectivity index is 4.62. The number of hydrogen-bond acceptors (Lipinski definition) is 3. The third-order valence-corrected chi connectivity index (χ3v) is 6.51. The number of carbonyl (C=O) groups excluding carboxylic acids is 3. The van der Waals surface area contributed by atoms with Crippen LogP contribution in [-0.2, 0) is 14.4 Å². The van der Waals surface area contributed by atoms with Crippen LogP contribution in [0.2, 0.25) is 6.04 Å². The van der Waals surface area contributed by atoms with Crippen molar-refractivity contribution in [3.8, 4) is 0 Å². The van der Waals surface area contributed by atoms with Gasteiger partial charge < -0.3 is 14.9 Å². The molecule has 6 nitrogen and oxygen atoms in total. The Kier molecular flexibility index (Phi) is 9.69. The van der Waals surface area contributed by atoms with Crippen molar-refractivity contribution in [2.45, 2.75) is 72.3 Å². The lowest BCUT2D eigenvalue weighted by molar-refractivity contribution is -0.118. The first-order chi connectivity index (χ1) is 9.81. The van der Waals surface area contributed by atoms with Crippen LogP contribution in [0.3, 0.4) is 0 Å². The van der Waals surface area contributed by atoms with Crippen LogP contribution in [0.5, 0.6) is 0 Å². The molecular formula is C14H29N3O3Si. The highest BCUT2D eigenvalue weighted by molar-refractivity contribution is 6.78. The van der Waals surface area contributed by atoms with E-state index in [1.807, 2.05) is 0 Å². The number of amides is 3. The second kappa shape index (κ2) is 10.4. The van der Waals surface area contributed by atoms with E-state index in [0.717, 1.165) is 19.3 Å². The molecule has 0 rings (SSSR count). The van der Waals surface area contributed by atoms with Crippen LogP contribution in [0.15, 0.2) is 0 Å². The Morgan fingerprint density at radius 2 is 1.10 bits per heavy atom. The van der Waals surface area contributed by atoms with Crippen molar-refractivity contribution in [2.24, 2.45) is 0 Å². The maximum Gasteiger partial charge on any atom is 0.378 e. The van der Waals surface area contributed by atoms with Crippen molar-refractivity contribution >= 4 is 26.3 Å². The summed E-state index contributed by atoms with van der Waals surface area (Å²) >= 11 is 0. The van der Waals surface area contributed by atoms with Gasteiger partial charge in [0.2, 0.25) is 17.7 Å². The number of nitrogens with one attached hydrogen (secondary N) is 3. The van der Waals surface area contributed by atoms with Crippen LogP contribution in [0.25, 0.3) is 0 Å². The Morgan fingerprint density at radius 1 is 0.714 bits per heavy atom. The molecule has 0 unspecified atom stereocenters. The molecule has 7 heteroatoms. The predicted octanol–water partition coefficient (Wildman–Crippen LogP) is 1.69. The largest absolute Gasteiger partial charge is 0.378 e. The van der Waals surface area contributed by atoms with E-state index in [2.05, 4.69) is 21.9 Å². The maximum absolute atomic E-state index is 11.4. The second-order valence-corrected chi connectivity index (χ2v) is 8.53. The topological polar surface area (TPSA) is 87.3 Å². The summed E-state index contributed by atoms with van der Waals surface area (Å²) in [7, 11) is -2.85. The molecule has 0 aromatic heterocycles. The van der Waals surface area contributed by atoms with Gasteiger partial charge in [-0.1, -0.05) is 45.4 Å². The molecule has 0 saturated carbocycles. The Morgan fingerprint density at radius 3 is 1.48 bits per heavy atom. The van der Waals surface area contributed by atoms with E-state index in [1.165, 1.54) is 40.0 Å². The molecule has 0 radical (unpaired) electrons. The zero-order valence-corrected chi connectivity index (χ0v) is 14.7. The van der Waals surface area contributed by atoms with E-state index < -0.39 is 8.56 Å². The lowest BCUT2D eigenvalue weighted by Crippen LogP contribution is -2.75. The zero-order valence-electron chi connectivity index (χ0n) is 13.7. The highest BCUT2D eigenvalue weighted by atomic mass is 28.4. The molecule has 3 N–H and O–H groups in total. The Labute approximate surface area is 128 Å². The number of carbonyl (C=O) groups is 3. The standard InChI is InChI=1S/C14H29N3O3Si/c1-5-6-7-8-9-10-11-21(15-12(2)18,16-13(3)19)17-14(4)20/h5-11H2,1-4H3,(H,15,18)(H,16,19)(H,17,20). The minimum Gasteiger partial charge on any atom is -0.348 e. The van der Waals surface area contributed by atoms with Gasteiger partial charge >= 0.3 is 8.56 Å². The van der Waals surface area contributed by atoms with E-state index in [1.54, 1.807) is 0 Å². The minimum atomic E-state index is -2.85. The summed E-state index contributed by atoms with van der Waals surface area (Å²) < 4.78 is 0. The highest BCUT2D eigenvalue weighted by Crippen LogP contribution is 2.11. The molecule has 0 bridgehead atoms. The first kappa shape index (κ1) is 19.6. The molecule has 0 aromatic rings. The van der Waals surface area contributed by atoms with Crippen LogP contribution in [0, 0.1) is 0 Å². The fourth-order valence-corrected chi connectivity index (χ4v) is 5.50. The summed E-state index contributed by atoms with van der Waals surface area (Å²) in [5.41, 5.74) is 0.